The number of rotatable bonds is 1. The van der Waals surface area contributed by atoms with Crippen molar-refractivity contribution in [2.75, 3.05) is 0 Å². The molecule has 18 heavy (non-hydrogen) atoms. The lowest BCUT2D eigenvalue weighted by molar-refractivity contribution is 0.389. The minimum absolute atomic E-state index is 0.263. The predicted octanol–water partition coefficient (Wildman–Crippen LogP) is 1.81. The lowest BCUT2D eigenvalue weighted by Gasteiger charge is -2.26. The van der Waals surface area contributed by atoms with Crippen LogP contribution in [-0.4, -0.2) is 21.0 Å². The van der Waals surface area contributed by atoms with E-state index in [1.807, 2.05) is 0 Å². The Hall–Kier alpha value is -1.93. The molecule has 5 nitrogen and oxygen atoms in total. The van der Waals surface area contributed by atoms with Gasteiger partial charge in [-0.05, 0) is 19.3 Å². The van der Waals surface area contributed by atoms with Crippen LogP contribution in [0.2, 0.25) is 0 Å². The largest absolute Gasteiger partial charge is 0.343 e. The zero-order valence-corrected chi connectivity index (χ0v) is 10.1. The van der Waals surface area contributed by atoms with Crippen molar-refractivity contribution in [2.45, 2.75) is 37.6 Å². The Labute approximate surface area is 105 Å². The molecule has 2 heterocycles. The number of aromatic amines is 1. The number of fused-ring (bicyclic) bond motifs is 1. The van der Waals surface area contributed by atoms with Gasteiger partial charge in [-0.1, -0.05) is 6.42 Å². The van der Waals surface area contributed by atoms with Gasteiger partial charge in [0.15, 0.2) is 0 Å². The van der Waals surface area contributed by atoms with Gasteiger partial charge in [-0.15, -0.1) is 0 Å². The first-order valence-electron chi connectivity index (χ1n) is 6.27. The summed E-state index contributed by atoms with van der Waals surface area (Å²) >= 11 is 0. The second kappa shape index (κ2) is 4.39. The molecule has 0 bridgehead atoms. The van der Waals surface area contributed by atoms with Crippen LogP contribution in [0.5, 0.6) is 0 Å². The number of H-pyrrole nitrogens is 1. The van der Waals surface area contributed by atoms with Crippen molar-refractivity contribution < 1.29 is 0 Å². The predicted molar refractivity (Wildman–Crippen MR) is 67.8 cm³/mol. The average molecular weight is 241 g/mol. The van der Waals surface area contributed by atoms with Crippen LogP contribution in [0.4, 0.5) is 0 Å². The van der Waals surface area contributed by atoms with Crippen LogP contribution in [0.25, 0.3) is 11.0 Å². The third-order valence-corrected chi connectivity index (χ3v) is 3.71. The van der Waals surface area contributed by atoms with Gasteiger partial charge in [0.1, 0.15) is 11.6 Å². The molecule has 1 fully saturated rings. The van der Waals surface area contributed by atoms with Crippen LogP contribution in [0, 0.1) is 11.3 Å². The quantitative estimate of drug-likeness (QED) is 0.796. The van der Waals surface area contributed by atoms with E-state index >= 15 is 0 Å². The first kappa shape index (κ1) is 11.2. The van der Waals surface area contributed by atoms with Crippen LogP contribution in [0.1, 0.15) is 42.9 Å². The minimum atomic E-state index is 0.263. The maximum atomic E-state index is 9.03. The molecule has 0 saturated heterocycles. The molecule has 0 aliphatic heterocycles. The SMILES string of the molecule is N#Cc1cnc([C@H]2CCC[C@@H](N)C2)c2[nH]cnc12. The standard InChI is InChI=1S/C13H15N5/c14-5-9-6-16-11(13-12(9)17-7-18-13)8-2-1-3-10(15)4-8/h6-8,10H,1-4,15H2,(H,17,18)/t8-,10+/m0/s1. The summed E-state index contributed by atoms with van der Waals surface area (Å²) in [6.07, 6.45) is 7.56. The Bertz CT molecular complexity index is 609. The summed E-state index contributed by atoms with van der Waals surface area (Å²) < 4.78 is 0. The number of nitrogens with zero attached hydrogens (tertiary/aromatic N) is 3. The summed E-state index contributed by atoms with van der Waals surface area (Å²) in [6.45, 7) is 0. The third-order valence-electron chi connectivity index (χ3n) is 3.71. The van der Waals surface area contributed by atoms with Gasteiger partial charge in [0, 0.05) is 18.2 Å². The fraction of sp³-hybridized carbons (Fsp3) is 0.462. The Balaban J connectivity index is 2.07. The highest BCUT2D eigenvalue weighted by Crippen LogP contribution is 2.34. The van der Waals surface area contributed by atoms with E-state index in [2.05, 4.69) is 21.0 Å². The van der Waals surface area contributed by atoms with E-state index in [0.29, 0.717) is 11.5 Å². The topological polar surface area (TPSA) is 91.4 Å². The molecule has 2 aromatic rings. The number of hydrogen-bond acceptors (Lipinski definition) is 4. The molecule has 2 atom stereocenters. The lowest BCUT2D eigenvalue weighted by atomic mass is 9.83. The van der Waals surface area contributed by atoms with Gasteiger partial charge in [0.2, 0.25) is 0 Å². The highest BCUT2D eigenvalue weighted by atomic mass is 14.9. The molecule has 1 aliphatic carbocycles. The van der Waals surface area contributed by atoms with Crippen LogP contribution < -0.4 is 5.73 Å². The number of nitriles is 1. The zero-order valence-electron chi connectivity index (χ0n) is 10.1. The minimum Gasteiger partial charge on any atom is -0.343 e. The maximum absolute atomic E-state index is 9.03. The normalized spacial score (nSPS) is 24.0. The fourth-order valence-corrected chi connectivity index (χ4v) is 2.82. The summed E-state index contributed by atoms with van der Waals surface area (Å²) in [5.74, 6) is 0.379. The van der Waals surface area contributed by atoms with Crippen molar-refractivity contribution in [3.8, 4) is 6.07 Å². The van der Waals surface area contributed by atoms with Crippen LogP contribution in [0.3, 0.4) is 0 Å². The van der Waals surface area contributed by atoms with E-state index in [1.54, 1.807) is 12.5 Å². The monoisotopic (exact) mass is 241 g/mol. The second-order valence-electron chi connectivity index (χ2n) is 4.92. The van der Waals surface area contributed by atoms with E-state index < -0.39 is 0 Å². The number of nitrogens with two attached hydrogens (primary N) is 1. The van der Waals surface area contributed by atoms with Crippen molar-refractivity contribution in [2.24, 2.45) is 5.73 Å². The molecule has 0 radical (unpaired) electrons. The van der Waals surface area contributed by atoms with Crippen molar-refractivity contribution in [3.63, 3.8) is 0 Å². The van der Waals surface area contributed by atoms with Crippen LogP contribution in [0.15, 0.2) is 12.5 Å². The Morgan fingerprint density at radius 1 is 1.39 bits per heavy atom. The molecule has 5 heteroatoms. The smallest absolute Gasteiger partial charge is 0.109 e. The molecule has 3 N–H and O–H groups in total. The Morgan fingerprint density at radius 3 is 3.06 bits per heavy atom. The molecule has 3 rings (SSSR count). The zero-order chi connectivity index (χ0) is 12.5. The maximum Gasteiger partial charge on any atom is 0.109 e. The van der Waals surface area contributed by atoms with Crippen molar-refractivity contribution in [3.05, 3.63) is 23.8 Å². The molecule has 0 spiro atoms. The molecule has 1 aliphatic rings. The van der Waals surface area contributed by atoms with E-state index in [9.17, 15) is 0 Å². The number of imidazole rings is 1. The number of aromatic nitrogens is 3. The summed E-state index contributed by atoms with van der Waals surface area (Å²) in [7, 11) is 0. The highest BCUT2D eigenvalue weighted by molar-refractivity contribution is 5.82. The fourth-order valence-electron chi connectivity index (χ4n) is 2.82. The van der Waals surface area contributed by atoms with Crippen molar-refractivity contribution in [1.82, 2.24) is 15.0 Å². The first-order chi connectivity index (χ1) is 8.79. The first-order valence-corrected chi connectivity index (χ1v) is 6.27. The van der Waals surface area contributed by atoms with Gasteiger partial charge in [-0.25, -0.2) is 4.98 Å². The molecule has 92 valence electrons. The molecule has 0 amide bonds. The van der Waals surface area contributed by atoms with Crippen molar-refractivity contribution in [1.29, 1.82) is 5.26 Å². The number of nitrogens with one attached hydrogen (secondary N) is 1. The summed E-state index contributed by atoms with van der Waals surface area (Å²) in [6, 6.07) is 2.39. The summed E-state index contributed by atoms with van der Waals surface area (Å²) in [4.78, 5) is 11.8. The Morgan fingerprint density at radius 2 is 2.28 bits per heavy atom. The van der Waals surface area contributed by atoms with Gasteiger partial charge in [0.25, 0.3) is 0 Å². The third kappa shape index (κ3) is 1.75. The number of pyridine rings is 1. The summed E-state index contributed by atoms with van der Waals surface area (Å²) in [5, 5.41) is 9.03. The molecule has 1 saturated carbocycles. The second-order valence-corrected chi connectivity index (χ2v) is 4.92. The molecule has 0 aromatic carbocycles. The van der Waals surface area contributed by atoms with Crippen LogP contribution >= 0.6 is 0 Å². The van der Waals surface area contributed by atoms with Gasteiger partial charge < -0.3 is 10.7 Å². The summed E-state index contributed by atoms with van der Waals surface area (Å²) in [5.41, 5.74) is 9.19. The van der Waals surface area contributed by atoms with Gasteiger partial charge >= 0.3 is 0 Å². The molecular weight excluding hydrogens is 226 g/mol. The van der Waals surface area contributed by atoms with E-state index in [-0.39, 0.29) is 6.04 Å². The lowest BCUT2D eigenvalue weighted by Crippen LogP contribution is -2.27. The van der Waals surface area contributed by atoms with Crippen molar-refractivity contribution >= 4 is 11.0 Å². The molecule has 2 aromatic heterocycles. The van der Waals surface area contributed by atoms with Gasteiger partial charge in [-0.3, -0.25) is 4.98 Å². The van der Waals surface area contributed by atoms with Crippen LogP contribution in [-0.2, 0) is 0 Å². The number of hydrogen-bond donors (Lipinski definition) is 2. The van der Waals surface area contributed by atoms with E-state index in [0.717, 1.165) is 42.4 Å². The highest BCUT2D eigenvalue weighted by Gasteiger charge is 2.24. The van der Waals surface area contributed by atoms with Gasteiger partial charge in [0.05, 0.1) is 23.1 Å². The van der Waals surface area contributed by atoms with E-state index in [4.69, 9.17) is 11.0 Å². The van der Waals surface area contributed by atoms with Gasteiger partial charge in [-0.2, -0.15) is 5.26 Å². The van der Waals surface area contributed by atoms with E-state index in [1.165, 1.54) is 0 Å². The molecular formula is C13H15N5. The average Bonchev–Trinajstić information content (AvgIpc) is 2.86. The molecule has 0 unspecified atom stereocenters. The Kier molecular flexibility index (Phi) is 2.73.